The second-order valence-electron chi connectivity index (χ2n) is 19.6. The number of rotatable bonds is 12. The number of anilines is 1. The quantitative estimate of drug-likeness (QED) is 0.106. The molecule has 3 fully saturated rings. The molecular formula is C53H59N9O5S2. The molecule has 14 nitrogen and oxygen atoms in total. The maximum Gasteiger partial charge on any atom is 0.243 e. The fraction of sp³-hybridized carbons (Fsp3) is 0.434. The zero-order valence-electron chi connectivity index (χ0n) is 39.7. The van der Waals surface area contributed by atoms with Crippen LogP contribution in [0.15, 0.2) is 83.1 Å². The summed E-state index contributed by atoms with van der Waals surface area (Å²) in [6, 6.07) is 18.2. The Kier molecular flexibility index (Phi) is 13.3. The molecule has 2 amide bonds. The molecule has 1 unspecified atom stereocenters. The van der Waals surface area contributed by atoms with Crippen molar-refractivity contribution in [2.75, 3.05) is 24.5 Å². The molecule has 2 aromatic carbocycles. The van der Waals surface area contributed by atoms with Crippen LogP contribution in [0.5, 0.6) is 5.75 Å². The van der Waals surface area contributed by atoms with Crippen LogP contribution in [-0.4, -0.2) is 89.0 Å². The van der Waals surface area contributed by atoms with Gasteiger partial charge in [0.15, 0.2) is 0 Å². The second-order valence-corrected chi connectivity index (χ2v) is 21.5. The minimum atomic E-state index is -0.803. The summed E-state index contributed by atoms with van der Waals surface area (Å²) in [5.41, 5.74) is 9.47. The van der Waals surface area contributed by atoms with Gasteiger partial charge in [-0.15, -0.1) is 32.9 Å². The number of carbonyl (C=O) groups is 2. The maximum absolute atomic E-state index is 14.4. The van der Waals surface area contributed by atoms with Crippen molar-refractivity contribution in [3.05, 3.63) is 117 Å². The molecule has 1 saturated carbocycles. The monoisotopic (exact) mass is 965 g/mol. The number of aromatic nitrogens is 6. The first kappa shape index (κ1) is 46.6. The fourth-order valence-corrected chi connectivity index (χ4v) is 12.9. The van der Waals surface area contributed by atoms with E-state index in [4.69, 9.17) is 14.5 Å². The number of phenols is 1. The average molecular weight is 966 g/mol. The Morgan fingerprint density at radius 3 is 2.29 bits per heavy atom. The van der Waals surface area contributed by atoms with Gasteiger partial charge in [-0.05, 0) is 118 Å². The molecule has 16 heteroatoms. The number of aryl methyl sites for hydroxylation is 2. The molecule has 0 radical (unpaired) electrons. The van der Waals surface area contributed by atoms with E-state index in [9.17, 15) is 19.8 Å². The molecular weight excluding hydrogens is 907 g/mol. The molecule has 4 atom stereocenters. The van der Waals surface area contributed by atoms with Crippen LogP contribution in [0.1, 0.15) is 134 Å². The number of fused-ring (bicyclic) bond motifs is 1. The van der Waals surface area contributed by atoms with Crippen molar-refractivity contribution >= 4 is 50.7 Å². The summed E-state index contributed by atoms with van der Waals surface area (Å²) in [5.74, 6) is 1.15. The number of β-amino-alcohol motifs (C(OH)–C–C–N with tert-alkyl or cyclic N) is 1. The first-order valence-corrected chi connectivity index (χ1v) is 26.0. The van der Waals surface area contributed by atoms with Crippen molar-refractivity contribution in [1.82, 2.24) is 40.5 Å². The number of benzene rings is 2. The number of thiazole rings is 1. The Labute approximate surface area is 410 Å². The normalized spacial score (nSPS) is 21.0. The highest BCUT2D eigenvalue weighted by molar-refractivity contribution is 7.19. The van der Waals surface area contributed by atoms with E-state index in [0.29, 0.717) is 28.9 Å². The highest BCUT2D eigenvalue weighted by Gasteiger charge is 2.44. The predicted molar refractivity (Wildman–Crippen MR) is 268 cm³/mol. The van der Waals surface area contributed by atoms with Gasteiger partial charge in [0.25, 0.3) is 0 Å². The predicted octanol–water partition coefficient (Wildman–Crippen LogP) is 9.99. The third-order valence-electron chi connectivity index (χ3n) is 14.8. The molecule has 0 bridgehead atoms. The molecule has 10 rings (SSSR count). The summed E-state index contributed by atoms with van der Waals surface area (Å²) in [6.45, 7) is 11.9. The van der Waals surface area contributed by atoms with E-state index in [1.807, 2.05) is 94.1 Å². The van der Waals surface area contributed by atoms with E-state index in [0.717, 1.165) is 101 Å². The van der Waals surface area contributed by atoms with E-state index < -0.39 is 18.1 Å². The molecule has 3 N–H and O–H groups in total. The number of nitrogens with one attached hydrogen (secondary N) is 1. The lowest BCUT2D eigenvalue weighted by Crippen LogP contribution is -2.48. The lowest BCUT2D eigenvalue weighted by molar-refractivity contribution is -0.141. The number of para-hydroxylation sites is 1. The van der Waals surface area contributed by atoms with Crippen molar-refractivity contribution in [2.45, 2.75) is 121 Å². The fourth-order valence-electron chi connectivity index (χ4n) is 10.8. The van der Waals surface area contributed by atoms with Gasteiger partial charge in [-0.1, -0.05) is 55.4 Å². The lowest BCUT2D eigenvalue weighted by Gasteiger charge is -2.32. The van der Waals surface area contributed by atoms with Crippen LogP contribution in [0.2, 0.25) is 0 Å². The van der Waals surface area contributed by atoms with Gasteiger partial charge in [-0.3, -0.25) is 9.59 Å². The van der Waals surface area contributed by atoms with Crippen molar-refractivity contribution < 1.29 is 24.3 Å². The van der Waals surface area contributed by atoms with Gasteiger partial charge in [-0.25, -0.2) is 15.0 Å². The Morgan fingerprint density at radius 2 is 1.59 bits per heavy atom. The Balaban J connectivity index is 0.723. The standard InChI is InChI=1S/C53H59N9O5S2/c1-29(2)47(52(66)62-27-39(63)22-44(62)50(65)57-31(4)33-10-16-36(17-11-33)49-32(5)56-28-68-49)46-24-42(60-67-46)35-14-12-34(13-15-35)38-25-54-53(55-26-38)61-20-18-37(19-21-61)48-30(3)41-23-43(58-59-51(41)69-48)40-8-6-7-9-45(40)64/h6-11,16-17,23-26,28-29,31,34-35,37,39,44,47,63-64H,12-15,18-22,27H2,1-5H3,(H,57,65)/t31-,34?,35?,39+,44-,47?/m0/s1. The van der Waals surface area contributed by atoms with Gasteiger partial charge in [0.05, 0.1) is 39.6 Å². The number of aliphatic hydroxyl groups excluding tert-OH is 1. The van der Waals surface area contributed by atoms with Crippen molar-refractivity contribution in [3.8, 4) is 27.4 Å². The maximum atomic E-state index is 14.4. The number of likely N-dealkylation sites (tertiary alicyclic amines) is 1. The van der Waals surface area contributed by atoms with E-state index in [2.05, 4.69) is 43.5 Å². The van der Waals surface area contributed by atoms with Crippen LogP contribution in [-0.2, 0) is 9.59 Å². The van der Waals surface area contributed by atoms with E-state index >= 15 is 0 Å². The van der Waals surface area contributed by atoms with E-state index in [-0.39, 0.29) is 48.4 Å². The summed E-state index contributed by atoms with van der Waals surface area (Å²) in [6.07, 6.45) is 9.19. The van der Waals surface area contributed by atoms with Crippen LogP contribution in [0, 0.1) is 19.8 Å². The number of thiophene rings is 1. The molecule has 2 saturated heterocycles. The molecule has 5 aromatic heterocycles. The first-order chi connectivity index (χ1) is 33.4. The minimum Gasteiger partial charge on any atom is -0.507 e. The lowest BCUT2D eigenvalue weighted by atomic mass is 9.78. The molecule has 3 aliphatic rings. The molecule has 7 heterocycles. The number of hydrogen-bond acceptors (Lipinski definition) is 14. The van der Waals surface area contributed by atoms with Crippen LogP contribution in [0.25, 0.3) is 31.9 Å². The number of carbonyl (C=O) groups excluding carboxylic acids is 2. The third-order valence-corrected chi connectivity index (χ3v) is 17.1. The molecule has 358 valence electrons. The zero-order chi connectivity index (χ0) is 47.9. The molecule has 7 aromatic rings. The molecule has 1 aliphatic carbocycles. The summed E-state index contributed by atoms with van der Waals surface area (Å²) < 4.78 is 5.97. The van der Waals surface area contributed by atoms with Gasteiger partial charge in [0.2, 0.25) is 17.8 Å². The van der Waals surface area contributed by atoms with Gasteiger partial charge in [0.1, 0.15) is 28.3 Å². The summed E-state index contributed by atoms with van der Waals surface area (Å²) in [5, 5.41) is 38.9. The Hall–Kier alpha value is -6.10. The first-order valence-electron chi connectivity index (χ1n) is 24.3. The molecule has 69 heavy (non-hydrogen) atoms. The third kappa shape index (κ3) is 9.50. The number of nitrogens with zero attached hydrogens (tertiary/aromatic N) is 8. The van der Waals surface area contributed by atoms with Crippen LogP contribution < -0.4 is 10.2 Å². The van der Waals surface area contributed by atoms with Gasteiger partial charge in [-0.2, -0.15) is 0 Å². The highest BCUT2D eigenvalue weighted by Crippen LogP contribution is 2.43. The van der Waals surface area contributed by atoms with Crippen molar-refractivity contribution in [2.24, 2.45) is 5.92 Å². The smallest absolute Gasteiger partial charge is 0.243 e. The van der Waals surface area contributed by atoms with Gasteiger partial charge in [0, 0.05) is 66.3 Å². The molecule has 0 spiro atoms. The largest absolute Gasteiger partial charge is 0.507 e. The van der Waals surface area contributed by atoms with Crippen molar-refractivity contribution in [1.29, 1.82) is 0 Å². The van der Waals surface area contributed by atoms with Crippen LogP contribution in [0.4, 0.5) is 5.95 Å². The number of piperidine rings is 1. The number of aromatic hydroxyl groups is 1. The van der Waals surface area contributed by atoms with Crippen molar-refractivity contribution in [3.63, 3.8) is 0 Å². The van der Waals surface area contributed by atoms with E-state index in [1.165, 1.54) is 15.3 Å². The Morgan fingerprint density at radius 1 is 0.870 bits per heavy atom. The summed E-state index contributed by atoms with van der Waals surface area (Å²) in [7, 11) is 0. The van der Waals surface area contributed by atoms with Gasteiger partial charge >= 0.3 is 0 Å². The van der Waals surface area contributed by atoms with Gasteiger partial charge < -0.3 is 29.9 Å². The zero-order valence-corrected chi connectivity index (χ0v) is 41.3. The van der Waals surface area contributed by atoms with Crippen LogP contribution in [0.3, 0.4) is 0 Å². The van der Waals surface area contributed by atoms with E-state index in [1.54, 1.807) is 28.7 Å². The summed E-state index contributed by atoms with van der Waals surface area (Å²) >= 11 is 3.33. The topological polar surface area (TPSA) is 184 Å². The average Bonchev–Trinajstić information content (AvgIpc) is 4.19. The second kappa shape index (κ2) is 19.7. The number of amides is 2. The highest BCUT2D eigenvalue weighted by atomic mass is 32.1. The number of aliphatic hydroxyl groups is 1. The minimum absolute atomic E-state index is 0.0834. The number of hydrogen-bond donors (Lipinski definition) is 3. The van der Waals surface area contributed by atoms with Crippen LogP contribution >= 0.6 is 22.7 Å². The Bertz CT molecular complexity index is 2930. The number of phenolic OH excluding ortho intramolecular Hbond substituents is 1. The summed E-state index contributed by atoms with van der Waals surface area (Å²) in [4.78, 5) is 49.5. The SMILES string of the molecule is Cc1ncsc1-c1ccc([C@H](C)NC(=O)[C@@H]2C[C@@H](O)CN2C(=O)C(c2cc(C3CCC(c4cnc(N5CCC(c6sc7nnc(-c8ccccc8O)cc7c6C)CC5)nc4)CC3)no2)C(C)C)cc1. The molecule has 2 aliphatic heterocycles.